The molecule has 0 saturated heterocycles. The first-order valence-electron chi connectivity index (χ1n) is 4.21. The lowest BCUT2D eigenvalue weighted by molar-refractivity contribution is 0.475. The third-order valence-corrected chi connectivity index (χ3v) is 3.30. The Balaban J connectivity index is 2.62. The van der Waals surface area contributed by atoms with Crippen molar-refractivity contribution >= 4 is 22.9 Å². The Labute approximate surface area is 91.6 Å². The highest BCUT2D eigenvalue weighted by atomic mass is 35.5. The van der Waals surface area contributed by atoms with Crippen molar-refractivity contribution < 1.29 is 5.11 Å². The summed E-state index contributed by atoms with van der Waals surface area (Å²) in [5.41, 5.74) is 3.10. The van der Waals surface area contributed by atoms with Crippen LogP contribution in [-0.2, 0) is 0 Å². The number of thiophene rings is 1. The Morgan fingerprint density at radius 1 is 1.21 bits per heavy atom. The molecule has 0 unspecified atom stereocenters. The van der Waals surface area contributed by atoms with E-state index in [4.69, 9.17) is 11.6 Å². The van der Waals surface area contributed by atoms with Crippen LogP contribution < -0.4 is 0 Å². The van der Waals surface area contributed by atoms with Crippen LogP contribution in [0.3, 0.4) is 0 Å². The second-order valence-corrected chi connectivity index (χ2v) is 4.63. The zero-order valence-electron chi connectivity index (χ0n) is 7.62. The van der Waals surface area contributed by atoms with Gasteiger partial charge in [0.05, 0.1) is 0 Å². The second-order valence-electron chi connectivity index (χ2n) is 3.11. The van der Waals surface area contributed by atoms with E-state index in [1.54, 1.807) is 12.1 Å². The van der Waals surface area contributed by atoms with Gasteiger partial charge in [-0.05, 0) is 41.6 Å². The minimum absolute atomic E-state index is 0.271. The Kier molecular flexibility index (Phi) is 2.48. The largest absolute Gasteiger partial charge is 0.508 e. The normalized spacial score (nSPS) is 10.4. The summed E-state index contributed by atoms with van der Waals surface area (Å²) in [7, 11) is 0. The summed E-state index contributed by atoms with van der Waals surface area (Å²) < 4.78 is 0.763. The molecule has 2 aromatic rings. The molecule has 2 rings (SSSR count). The van der Waals surface area contributed by atoms with Gasteiger partial charge >= 0.3 is 0 Å². The number of aromatic hydroxyl groups is 1. The van der Waals surface area contributed by atoms with E-state index in [1.165, 1.54) is 11.3 Å². The summed E-state index contributed by atoms with van der Waals surface area (Å²) in [6.07, 6.45) is 0. The molecule has 1 aromatic carbocycles. The Hall–Kier alpha value is -0.990. The van der Waals surface area contributed by atoms with Crippen molar-refractivity contribution in [2.75, 3.05) is 0 Å². The SMILES string of the molecule is Cc1ccc(O)cc1-c1ccsc1Cl. The average molecular weight is 225 g/mol. The van der Waals surface area contributed by atoms with Gasteiger partial charge in [0.25, 0.3) is 0 Å². The molecule has 1 N–H and O–H groups in total. The average Bonchev–Trinajstić information content (AvgIpc) is 2.56. The molecule has 0 amide bonds. The molecule has 3 heteroatoms. The fraction of sp³-hybridized carbons (Fsp3) is 0.0909. The second kappa shape index (κ2) is 3.64. The first-order chi connectivity index (χ1) is 6.68. The van der Waals surface area contributed by atoms with Crippen LogP contribution >= 0.6 is 22.9 Å². The zero-order chi connectivity index (χ0) is 10.1. The minimum atomic E-state index is 0.271. The summed E-state index contributed by atoms with van der Waals surface area (Å²) in [5.74, 6) is 0.271. The lowest BCUT2D eigenvalue weighted by atomic mass is 10.0. The van der Waals surface area contributed by atoms with E-state index in [9.17, 15) is 5.11 Å². The Morgan fingerprint density at radius 3 is 2.64 bits per heavy atom. The molecule has 0 aliphatic heterocycles. The highest BCUT2D eigenvalue weighted by Gasteiger charge is 2.07. The van der Waals surface area contributed by atoms with E-state index < -0.39 is 0 Å². The van der Waals surface area contributed by atoms with E-state index in [-0.39, 0.29) is 5.75 Å². The number of rotatable bonds is 1. The van der Waals surface area contributed by atoms with Crippen LogP contribution in [0.15, 0.2) is 29.6 Å². The fourth-order valence-corrected chi connectivity index (χ4v) is 2.33. The van der Waals surface area contributed by atoms with Crippen molar-refractivity contribution in [2.45, 2.75) is 6.92 Å². The predicted molar refractivity (Wildman–Crippen MR) is 61.2 cm³/mol. The molecule has 14 heavy (non-hydrogen) atoms. The summed E-state index contributed by atoms with van der Waals surface area (Å²) in [6, 6.07) is 7.27. The van der Waals surface area contributed by atoms with Crippen LogP contribution in [0.4, 0.5) is 0 Å². The number of aryl methyl sites for hydroxylation is 1. The molecule has 1 nitrogen and oxygen atoms in total. The molecule has 0 aliphatic rings. The van der Waals surface area contributed by atoms with Crippen LogP contribution in [0, 0.1) is 6.92 Å². The van der Waals surface area contributed by atoms with Crippen molar-refractivity contribution in [3.63, 3.8) is 0 Å². The Bertz CT molecular complexity index is 462. The molecule has 0 spiro atoms. The van der Waals surface area contributed by atoms with Crippen LogP contribution in [-0.4, -0.2) is 5.11 Å². The standard InChI is InChI=1S/C11H9ClOS/c1-7-2-3-8(13)6-10(7)9-4-5-14-11(9)12/h2-6,13H,1H3. The minimum Gasteiger partial charge on any atom is -0.508 e. The molecule has 0 radical (unpaired) electrons. The molecule has 72 valence electrons. The van der Waals surface area contributed by atoms with Gasteiger partial charge in [-0.2, -0.15) is 0 Å². The maximum Gasteiger partial charge on any atom is 0.116 e. The lowest BCUT2D eigenvalue weighted by Crippen LogP contribution is -1.80. The van der Waals surface area contributed by atoms with Crippen LogP contribution in [0.2, 0.25) is 4.34 Å². The van der Waals surface area contributed by atoms with Crippen LogP contribution in [0.5, 0.6) is 5.75 Å². The van der Waals surface area contributed by atoms with E-state index >= 15 is 0 Å². The molecule has 0 saturated carbocycles. The molecular formula is C11H9ClOS. The van der Waals surface area contributed by atoms with Gasteiger partial charge in [0, 0.05) is 5.56 Å². The first kappa shape index (κ1) is 9.56. The van der Waals surface area contributed by atoms with Crippen molar-refractivity contribution in [1.29, 1.82) is 0 Å². The Morgan fingerprint density at radius 2 is 2.00 bits per heavy atom. The van der Waals surface area contributed by atoms with Gasteiger partial charge < -0.3 is 5.11 Å². The topological polar surface area (TPSA) is 20.2 Å². The molecule has 1 heterocycles. The van der Waals surface area contributed by atoms with E-state index in [2.05, 4.69) is 0 Å². The maximum absolute atomic E-state index is 9.39. The smallest absolute Gasteiger partial charge is 0.116 e. The zero-order valence-corrected chi connectivity index (χ0v) is 9.19. The number of halogens is 1. The highest BCUT2D eigenvalue weighted by molar-refractivity contribution is 7.15. The molecule has 0 fully saturated rings. The summed E-state index contributed by atoms with van der Waals surface area (Å²) >= 11 is 7.53. The number of phenolic OH excluding ortho intramolecular Hbond substituents is 1. The van der Waals surface area contributed by atoms with E-state index in [1.807, 2.05) is 24.4 Å². The summed E-state index contributed by atoms with van der Waals surface area (Å²) in [4.78, 5) is 0. The monoisotopic (exact) mass is 224 g/mol. The van der Waals surface area contributed by atoms with Gasteiger partial charge in [-0.1, -0.05) is 17.7 Å². The maximum atomic E-state index is 9.39. The van der Waals surface area contributed by atoms with Gasteiger partial charge in [0.15, 0.2) is 0 Å². The third-order valence-electron chi connectivity index (χ3n) is 2.13. The molecular weight excluding hydrogens is 216 g/mol. The quantitative estimate of drug-likeness (QED) is 0.774. The number of hydrogen-bond acceptors (Lipinski definition) is 2. The summed E-state index contributed by atoms with van der Waals surface area (Å²) in [5, 5.41) is 11.3. The number of hydrogen-bond donors (Lipinski definition) is 1. The molecule has 0 aliphatic carbocycles. The first-order valence-corrected chi connectivity index (χ1v) is 5.47. The van der Waals surface area contributed by atoms with Gasteiger partial charge in [0.1, 0.15) is 10.1 Å². The van der Waals surface area contributed by atoms with Crippen LogP contribution in [0.25, 0.3) is 11.1 Å². The molecule has 0 atom stereocenters. The van der Waals surface area contributed by atoms with Crippen molar-refractivity contribution in [3.05, 3.63) is 39.5 Å². The molecule has 1 aromatic heterocycles. The van der Waals surface area contributed by atoms with E-state index in [0.29, 0.717) is 0 Å². The van der Waals surface area contributed by atoms with Gasteiger partial charge in [0.2, 0.25) is 0 Å². The van der Waals surface area contributed by atoms with Gasteiger partial charge in [-0.3, -0.25) is 0 Å². The van der Waals surface area contributed by atoms with Crippen LogP contribution in [0.1, 0.15) is 5.56 Å². The fourth-order valence-electron chi connectivity index (χ4n) is 1.39. The van der Waals surface area contributed by atoms with Gasteiger partial charge in [-0.15, -0.1) is 11.3 Å². The predicted octanol–water partition coefficient (Wildman–Crippen LogP) is 4.08. The molecule has 0 bridgehead atoms. The van der Waals surface area contributed by atoms with E-state index in [0.717, 1.165) is 21.0 Å². The summed E-state index contributed by atoms with van der Waals surface area (Å²) in [6.45, 7) is 2.00. The number of benzene rings is 1. The van der Waals surface area contributed by atoms with Gasteiger partial charge in [-0.25, -0.2) is 0 Å². The third kappa shape index (κ3) is 1.63. The highest BCUT2D eigenvalue weighted by Crippen LogP contribution is 2.35. The number of phenols is 1. The van der Waals surface area contributed by atoms with Crippen molar-refractivity contribution in [3.8, 4) is 16.9 Å². The lowest BCUT2D eigenvalue weighted by Gasteiger charge is -2.04. The van der Waals surface area contributed by atoms with Crippen molar-refractivity contribution in [1.82, 2.24) is 0 Å². The van der Waals surface area contributed by atoms with Crippen molar-refractivity contribution in [2.24, 2.45) is 0 Å².